The van der Waals surface area contributed by atoms with Crippen molar-refractivity contribution in [2.75, 3.05) is 0 Å². The van der Waals surface area contributed by atoms with Gasteiger partial charge < -0.3 is 9.94 Å². The van der Waals surface area contributed by atoms with Crippen LogP contribution in [0.25, 0.3) is 0 Å². The standard InChI is InChI=1S/C17H17NO4/c1-3-13-7-9-14(10-8-13)16(19)12(2)22-17(20)15-6-4-5-11-18(15)21/h4-12H,3H2,1-2H3/t12-/m0/s1. The Balaban J connectivity index is 2.07. The molecule has 0 aliphatic heterocycles. The van der Waals surface area contributed by atoms with Gasteiger partial charge in [-0.15, -0.1) is 0 Å². The van der Waals surface area contributed by atoms with E-state index in [0.717, 1.165) is 12.0 Å². The van der Waals surface area contributed by atoms with Crippen LogP contribution in [0.2, 0.25) is 0 Å². The number of benzene rings is 1. The smallest absolute Gasteiger partial charge is 0.405 e. The van der Waals surface area contributed by atoms with Crippen LogP contribution in [0, 0.1) is 5.21 Å². The molecular weight excluding hydrogens is 282 g/mol. The van der Waals surface area contributed by atoms with Gasteiger partial charge in [-0.2, -0.15) is 4.73 Å². The monoisotopic (exact) mass is 299 g/mol. The van der Waals surface area contributed by atoms with Gasteiger partial charge in [-0.05, 0) is 25.0 Å². The molecule has 0 amide bonds. The number of pyridine rings is 1. The molecule has 1 atom stereocenters. The Morgan fingerprint density at radius 2 is 1.86 bits per heavy atom. The SMILES string of the molecule is CCc1ccc(C(=O)[C@H](C)OC(=O)c2cccc[n+]2[O-])cc1. The molecule has 0 fully saturated rings. The van der Waals surface area contributed by atoms with E-state index in [-0.39, 0.29) is 11.5 Å². The largest absolute Gasteiger partial charge is 0.618 e. The van der Waals surface area contributed by atoms with Crippen molar-refractivity contribution in [1.29, 1.82) is 0 Å². The Labute approximate surface area is 128 Å². The van der Waals surface area contributed by atoms with Crippen molar-refractivity contribution in [3.05, 3.63) is 70.7 Å². The third-order valence-electron chi connectivity index (χ3n) is 3.33. The number of carbonyl (C=O) groups excluding carboxylic acids is 2. The van der Waals surface area contributed by atoms with Crippen LogP contribution in [-0.2, 0) is 11.2 Å². The number of aromatic nitrogens is 1. The topological polar surface area (TPSA) is 70.3 Å². The number of ether oxygens (including phenoxy) is 1. The van der Waals surface area contributed by atoms with Crippen molar-refractivity contribution in [1.82, 2.24) is 0 Å². The lowest BCUT2D eigenvalue weighted by Crippen LogP contribution is -2.36. The Hall–Kier alpha value is -2.69. The van der Waals surface area contributed by atoms with Crippen LogP contribution >= 0.6 is 0 Å². The molecule has 1 aromatic carbocycles. The van der Waals surface area contributed by atoms with Crippen LogP contribution < -0.4 is 4.73 Å². The molecule has 0 unspecified atom stereocenters. The molecule has 22 heavy (non-hydrogen) atoms. The zero-order valence-electron chi connectivity index (χ0n) is 12.5. The van der Waals surface area contributed by atoms with Crippen molar-refractivity contribution in [2.45, 2.75) is 26.4 Å². The van der Waals surface area contributed by atoms with Gasteiger partial charge in [-0.25, -0.2) is 4.79 Å². The third kappa shape index (κ3) is 3.49. The lowest BCUT2D eigenvalue weighted by atomic mass is 10.0. The summed E-state index contributed by atoms with van der Waals surface area (Å²) in [4.78, 5) is 24.2. The maximum atomic E-state index is 12.2. The molecule has 2 rings (SSSR count). The molecule has 114 valence electrons. The van der Waals surface area contributed by atoms with E-state index in [1.165, 1.54) is 25.3 Å². The average Bonchev–Trinajstić information content (AvgIpc) is 2.54. The molecule has 0 spiro atoms. The number of esters is 1. The average molecular weight is 299 g/mol. The molecule has 1 aromatic heterocycles. The predicted octanol–water partition coefficient (Wildman–Crippen LogP) is 2.31. The molecule has 0 aliphatic rings. The number of aryl methyl sites for hydroxylation is 1. The first kappa shape index (κ1) is 15.7. The van der Waals surface area contributed by atoms with E-state index >= 15 is 0 Å². The number of carbonyl (C=O) groups is 2. The Kier molecular flexibility index (Phi) is 4.88. The highest BCUT2D eigenvalue weighted by Gasteiger charge is 2.24. The van der Waals surface area contributed by atoms with Crippen molar-refractivity contribution in [2.24, 2.45) is 0 Å². The van der Waals surface area contributed by atoms with Crippen LogP contribution in [0.1, 0.15) is 40.3 Å². The summed E-state index contributed by atoms with van der Waals surface area (Å²) in [6, 6.07) is 11.6. The minimum atomic E-state index is -0.958. The fourth-order valence-corrected chi connectivity index (χ4v) is 2.00. The minimum absolute atomic E-state index is 0.150. The molecule has 0 bridgehead atoms. The summed E-state index contributed by atoms with van der Waals surface area (Å²) in [5.41, 5.74) is 1.45. The summed E-state index contributed by atoms with van der Waals surface area (Å²) in [5.74, 6) is -1.12. The molecule has 1 heterocycles. The van der Waals surface area contributed by atoms with E-state index in [9.17, 15) is 14.8 Å². The van der Waals surface area contributed by atoms with Gasteiger partial charge in [0.15, 0.2) is 12.3 Å². The summed E-state index contributed by atoms with van der Waals surface area (Å²) in [6.45, 7) is 3.52. The Bertz CT molecular complexity index is 679. The maximum absolute atomic E-state index is 12.2. The van der Waals surface area contributed by atoms with E-state index in [1.54, 1.807) is 18.2 Å². The van der Waals surface area contributed by atoms with Gasteiger partial charge >= 0.3 is 11.7 Å². The first-order chi connectivity index (χ1) is 10.5. The Morgan fingerprint density at radius 1 is 1.18 bits per heavy atom. The normalized spacial score (nSPS) is 11.7. The van der Waals surface area contributed by atoms with Gasteiger partial charge in [0.2, 0.25) is 5.78 Å². The number of Topliss-reactive ketones (excluding diaryl/α,β-unsaturated/α-hetero) is 1. The van der Waals surface area contributed by atoms with Crippen molar-refractivity contribution in [3.8, 4) is 0 Å². The van der Waals surface area contributed by atoms with Crippen molar-refractivity contribution < 1.29 is 19.1 Å². The van der Waals surface area contributed by atoms with E-state index in [0.29, 0.717) is 10.3 Å². The predicted molar refractivity (Wildman–Crippen MR) is 80.4 cm³/mol. The van der Waals surface area contributed by atoms with E-state index in [4.69, 9.17) is 4.74 Å². The van der Waals surface area contributed by atoms with E-state index in [2.05, 4.69) is 0 Å². The summed E-state index contributed by atoms with van der Waals surface area (Å²) in [7, 11) is 0. The van der Waals surface area contributed by atoms with E-state index < -0.39 is 12.1 Å². The zero-order valence-corrected chi connectivity index (χ0v) is 12.5. The molecule has 2 aromatic rings. The fraction of sp³-hybridized carbons (Fsp3) is 0.235. The van der Waals surface area contributed by atoms with Crippen LogP contribution in [0.5, 0.6) is 0 Å². The molecule has 5 heteroatoms. The van der Waals surface area contributed by atoms with Crippen LogP contribution in [-0.4, -0.2) is 17.9 Å². The first-order valence-electron chi connectivity index (χ1n) is 7.05. The number of hydrogen-bond acceptors (Lipinski definition) is 4. The third-order valence-corrected chi connectivity index (χ3v) is 3.33. The highest BCUT2D eigenvalue weighted by atomic mass is 16.6. The Morgan fingerprint density at radius 3 is 2.45 bits per heavy atom. The molecular formula is C17H17NO4. The van der Waals surface area contributed by atoms with Gasteiger partial charge in [0.1, 0.15) is 0 Å². The summed E-state index contributed by atoms with van der Waals surface area (Å²) in [5, 5.41) is 11.5. The first-order valence-corrected chi connectivity index (χ1v) is 7.05. The second kappa shape index (κ2) is 6.85. The van der Waals surface area contributed by atoms with Crippen molar-refractivity contribution >= 4 is 11.8 Å². The number of rotatable bonds is 5. The number of hydrogen-bond donors (Lipinski definition) is 0. The minimum Gasteiger partial charge on any atom is -0.618 e. The molecule has 0 saturated heterocycles. The second-order valence-electron chi connectivity index (χ2n) is 4.87. The van der Waals surface area contributed by atoms with Gasteiger partial charge in [0.05, 0.1) is 0 Å². The van der Waals surface area contributed by atoms with Gasteiger partial charge in [-0.3, -0.25) is 4.79 Å². The van der Waals surface area contributed by atoms with E-state index in [1.807, 2.05) is 19.1 Å². The molecule has 0 saturated carbocycles. The summed E-state index contributed by atoms with van der Waals surface area (Å²) < 4.78 is 5.49. The zero-order chi connectivity index (χ0) is 16.1. The van der Waals surface area contributed by atoms with Crippen LogP contribution in [0.15, 0.2) is 48.7 Å². The fourth-order valence-electron chi connectivity index (χ4n) is 2.00. The second-order valence-corrected chi connectivity index (χ2v) is 4.87. The van der Waals surface area contributed by atoms with Crippen LogP contribution in [0.3, 0.4) is 0 Å². The highest BCUT2D eigenvalue weighted by molar-refractivity contribution is 6.01. The lowest BCUT2D eigenvalue weighted by Gasteiger charge is -2.12. The maximum Gasteiger partial charge on any atom is 0.405 e. The number of nitrogens with zero attached hydrogens (tertiary/aromatic N) is 1. The molecule has 0 N–H and O–H groups in total. The molecule has 5 nitrogen and oxygen atoms in total. The van der Waals surface area contributed by atoms with Gasteiger partial charge in [0, 0.05) is 17.7 Å². The van der Waals surface area contributed by atoms with Gasteiger partial charge in [0.25, 0.3) is 0 Å². The summed E-state index contributed by atoms with van der Waals surface area (Å²) in [6.07, 6.45) is 1.13. The molecule has 0 radical (unpaired) electrons. The highest BCUT2D eigenvalue weighted by Crippen LogP contribution is 2.10. The number of ketones is 1. The lowest BCUT2D eigenvalue weighted by molar-refractivity contribution is -0.608. The van der Waals surface area contributed by atoms with Crippen LogP contribution in [0.4, 0.5) is 0 Å². The molecule has 0 aliphatic carbocycles. The van der Waals surface area contributed by atoms with Gasteiger partial charge in [-0.1, -0.05) is 31.2 Å². The van der Waals surface area contributed by atoms with Crippen molar-refractivity contribution in [3.63, 3.8) is 0 Å². The summed E-state index contributed by atoms with van der Waals surface area (Å²) >= 11 is 0. The quantitative estimate of drug-likeness (QED) is 0.368.